The molecule has 2 nitrogen and oxygen atoms in total. The number of hydrogen-bond acceptors (Lipinski definition) is 2. The maximum absolute atomic E-state index is 4.12. The van der Waals surface area contributed by atoms with Crippen LogP contribution in [0.25, 0.3) is 0 Å². The number of nitrogens with zero attached hydrogens (tertiary/aromatic N) is 2. The quantitative estimate of drug-likeness (QED) is 0.634. The molecule has 2 rings (SSSR count). The average molecular weight is 147 g/mol. The first-order chi connectivity index (χ1) is 5.36. The summed E-state index contributed by atoms with van der Waals surface area (Å²) in [4.78, 5) is 7.96. The topological polar surface area (TPSA) is 25.8 Å². The predicted molar refractivity (Wildman–Crippen MR) is 42.0 cm³/mol. The first-order valence-electron chi connectivity index (χ1n) is 4.05. The fourth-order valence-corrected chi connectivity index (χ4v) is 1.18. The van der Waals surface area contributed by atoms with Gasteiger partial charge < -0.3 is 0 Å². The van der Waals surface area contributed by atoms with Gasteiger partial charge in [0.25, 0.3) is 0 Å². The van der Waals surface area contributed by atoms with E-state index in [-0.39, 0.29) is 0 Å². The van der Waals surface area contributed by atoms with Gasteiger partial charge in [0.05, 0.1) is 0 Å². The summed E-state index contributed by atoms with van der Waals surface area (Å²) in [5.74, 6) is 0.900. The van der Waals surface area contributed by atoms with E-state index in [0.717, 1.165) is 12.3 Å². The molecule has 0 aliphatic heterocycles. The van der Waals surface area contributed by atoms with Crippen LogP contribution in [-0.2, 0) is 6.42 Å². The van der Waals surface area contributed by atoms with E-state index in [1.807, 2.05) is 6.20 Å². The van der Waals surface area contributed by atoms with Crippen LogP contribution in [0.1, 0.15) is 24.1 Å². The minimum atomic E-state index is 0.900. The Hall–Kier alpha value is -0.920. The van der Waals surface area contributed by atoms with Crippen molar-refractivity contribution >= 4 is 0 Å². The zero-order chi connectivity index (χ0) is 7.68. The summed E-state index contributed by atoms with van der Waals surface area (Å²) in [6.45, 7) is 2.06. The van der Waals surface area contributed by atoms with Crippen molar-refractivity contribution in [3.63, 3.8) is 0 Å². The van der Waals surface area contributed by atoms with Crippen LogP contribution in [0, 0.1) is 19.2 Å². The van der Waals surface area contributed by atoms with Gasteiger partial charge in [0.2, 0.25) is 0 Å². The Kier molecular flexibility index (Phi) is 1.60. The van der Waals surface area contributed by atoms with Crippen molar-refractivity contribution in [1.82, 2.24) is 9.97 Å². The summed E-state index contributed by atoms with van der Waals surface area (Å²) in [7, 11) is 0. The van der Waals surface area contributed by atoms with Gasteiger partial charge in [0, 0.05) is 11.9 Å². The lowest BCUT2D eigenvalue weighted by molar-refractivity contribution is 0.788. The van der Waals surface area contributed by atoms with E-state index in [1.165, 1.54) is 24.1 Å². The predicted octanol–water partition coefficient (Wildman–Crippen LogP) is 1.54. The second-order valence-corrected chi connectivity index (χ2v) is 3.25. The molecule has 1 saturated carbocycles. The highest BCUT2D eigenvalue weighted by Crippen LogP contribution is 2.32. The zero-order valence-corrected chi connectivity index (χ0v) is 6.67. The molecule has 57 valence electrons. The summed E-state index contributed by atoms with van der Waals surface area (Å²) >= 11 is 0. The van der Waals surface area contributed by atoms with E-state index in [9.17, 15) is 0 Å². The van der Waals surface area contributed by atoms with Gasteiger partial charge >= 0.3 is 0 Å². The fourth-order valence-electron chi connectivity index (χ4n) is 1.18. The van der Waals surface area contributed by atoms with E-state index in [2.05, 4.69) is 23.2 Å². The van der Waals surface area contributed by atoms with Crippen molar-refractivity contribution in [2.75, 3.05) is 0 Å². The maximum atomic E-state index is 4.12. The number of hydrogen-bond donors (Lipinski definition) is 0. The van der Waals surface area contributed by atoms with Crippen molar-refractivity contribution in [2.24, 2.45) is 5.92 Å². The Balaban J connectivity index is 2.15. The molecule has 1 fully saturated rings. The second kappa shape index (κ2) is 2.61. The van der Waals surface area contributed by atoms with E-state index in [0.29, 0.717) is 0 Å². The van der Waals surface area contributed by atoms with E-state index in [1.54, 1.807) is 0 Å². The van der Waals surface area contributed by atoms with E-state index < -0.39 is 0 Å². The van der Waals surface area contributed by atoms with Crippen LogP contribution in [0.2, 0.25) is 0 Å². The van der Waals surface area contributed by atoms with Gasteiger partial charge in [-0.2, -0.15) is 0 Å². The molecule has 1 aromatic rings. The molecule has 0 amide bonds. The Morgan fingerprint density at radius 1 is 1.64 bits per heavy atom. The SMILES string of the molecule is Cc1cn[c]nc1CC1CC1. The van der Waals surface area contributed by atoms with Gasteiger partial charge in [0.15, 0.2) is 6.33 Å². The molecular weight excluding hydrogens is 136 g/mol. The molecule has 0 bridgehead atoms. The Morgan fingerprint density at radius 3 is 3.09 bits per heavy atom. The zero-order valence-electron chi connectivity index (χ0n) is 6.67. The van der Waals surface area contributed by atoms with Crippen LogP contribution in [-0.4, -0.2) is 9.97 Å². The highest BCUT2D eigenvalue weighted by atomic mass is 14.8. The Labute approximate surface area is 66.7 Å². The number of rotatable bonds is 2. The summed E-state index contributed by atoms with van der Waals surface area (Å²) in [5, 5.41) is 0. The van der Waals surface area contributed by atoms with Gasteiger partial charge in [-0.1, -0.05) is 0 Å². The van der Waals surface area contributed by atoms with Crippen LogP contribution in [0.15, 0.2) is 6.20 Å². The van der Waals surface area contributed by atoms with Gasteiger partial charge in [0.1, 0.15) is 0 Å². The summed E-state index contributed by atoms with van der Waals surface area (Å²) in [5.41, 5.74) is 2.39. The molecule has 1 aliphatic rings. The highest BCUT2D eigenvalue weighted by molar-refractivity contribution is 5.14. The van der Waals surface area contributed by atoms with Gasteiger partial charge in [-0.15, -0.1) is 0 Å². The molecule has 0 aromatic carbocycles. The Morgan fingerprint density at radius 2 is 2.45 bits per heavy atom. The van der Waals surface area contributed by atoms with Crippen LogP contribution in [0.5, 0.6) is 0 Å². The lowest BCUT2D eigenvalue weighted by Crippen LogP contribution is -1.96. The largest absolute Gasteiger partial charge is 0.234 e. The molecule has 1 aromatic heterocycles. The maximum Gasteiger partial charge on any atom is 0.197 e. The van der Waals surface area contributed by atoms with E-state index in [4.69, 9.17) is 0 Å². The standard InChI is InChI=1S/C9H11N2/c1-7-5-10-6-11-9(7)4-8-2-3-8/h5,8H,2-4H2,1H3. The van der Waals surface area contributed by atoms with Crippen molar-refractivity contribution in [2.45, 2.75) is 26.2 Å². The lowest BCUT2D eigenvalue weighted by atomic mass is 10.1. The lowest BCUT2D eigenvalue weighted by Gasteiger charge is -1.99. The van der Waals surface area contributed by atoms with Crippen molar-refractivity contribution < 1.29 is 0 Å². The molecule has 1 radical (unpaired) electrons. The van der Waals surface area contributed by atoms with Crippen molar-refractivity contribution in [3.8, 4) is 0 Å². The average Bonchev–Trinajstić information content (AvgIpc) is 2.78. The first kappa shape index (κ1) is 6.77. The minimum Gasteiger partial charge on any atom is -0.234 e. The molecule has 2 heteroatoms. The minimum absolute atomic E-state index is 0.900. The van der Waals surface area contributed by atoms with Crippen LogP contribution < -0.4 is 0 Å². The normalized spacial score (nSPS) is 16.8. The molecular formula is C9H11N2. The first-order valence-corrected chi connectivity index (χ1v) is 4.05. The fraction of sp³-hybridized carbons (Fsp3) is 0.556. The third kappa shape index (κ3) is 1.56. The molecule has 0 unspecified atom stereocenters. The van der Waals surface area contributed by atoms with Crippen molar-refractivity contribution in [1.29, 1.82) is 0 Å². The van der Waals surface area contributed by atoms with E-state index >= 15 is 0 Å². The van der Waals surface area contributed by atoms with Gasteiger partial charge in [-0.3, -0.25) is 0 Å². The second-order valence-electron chi connectivity index (χ2n) is 3.25. The van der Waals surface area contributed by atoms with Crippen LogP contribution >= 0.6 is 0 Å². The molecule has 0 saturated heterocycles. The summed E-state index contributed by atoms with van der Waals surface area (Å²) in [6, 6.07) is 0. The molecule has 0 N–H and O–H groups in total. The monoisotopic (exact) mass is 147 g/mol. The number of aromatic nitrogens is 2. The molecule has 0 spiro atoms. The molecule has 1 aliphatic carbocycles. The Bertz CT molecular complexity index is 253. The molecule has 1 heterocycles. The molecule has 11 heavy (non-hydrogen) atoms. The summed E-state index contributed by atoms with van der Waals surface area (Å²) < 4.78 is 0. The highest BCUT2D eigenvalue weighted by Gasteiger charge is 2.22. The molecule has 0 atom stereocenters. The smallest absolute Gasteiger partial charge is 0.197 e. The van der Waals surface area contributed by atoms with Crippen LogP contribution in [0.4, 0.5) is 0 Å². The van der Waals surface area contributed by atoms with Crippen LogP contribution in [0.3, 0.4) is 0 Å². The third-order valence-corrected chi connectivity index (χ3v) is 2.14. The third-order valence-electron chi connectivity index (χ3n) is 2.14. The van der Waals surface area contributed by atoms with Gasteiger partial charge in [-0.25, -0.2) is 9.97 Å². The van der Waals surface area contributed by atoms with Crippen molar-refractivity contribution in [3.05, 3.63) is 23.8 Å². The van der Waals surface area contributed by atoms with Gasteiger partial charge in [-0.05, 0) is 37.7 Å². The number of aryl methyl sites for hydroxylation is 1. The summed E-state index contributed by atoms with van der Waals surface area (Å²) in [6.07, 6.45) is 8.36.